The molecule has 0 atom stereocenters. The van der Waals surface area contributed by atoms with Gasteiger partial charge in [-0.1, -0.05) is 18.2 Å². The van der Waals surface area contributed by atoms with Gasteiger partial charge in [-0.2, -0.15) is 9.97 Å². The zero-order valence-corrected chi connectivity index (χ0v) is 12.9. The highest BCUT2D eigenvalue weighted by Crippen LogP contribution is 2.26. The average Bonchev–Trinajstić information content (AvgIpc) is 2.59. The number of para-hydroxylation sites is 1. The summed E-state index contributed by atoms with van der Waals surface area (Å²) >= 11 is 0. The zero-order valence-electron chi connectivity index (χ0n) is 12.9. The van der Waals surface area contributed by atoms with Crippen molar-refractivity contribution in [1.29, 1.82) is 0 Å². The van der Waals surface area contributed by atoms with Gasteiger partial charge in [0, 0.05) is 6.54 Å². The van der Waals surface area contributed by atoms with E-state index in [9.17, 15) is 4.79 Å². The third-order valence-corrected chi connectivity index (χ3v) is 2.82. The van der Waals surface area contributed by atoms with Crippen LogP contribution in [0.1, 0.15) is 10.4 Å². The predicted molar refractivity (Wildman–Crippen MR) is 84.2 cm³/mol. The minimum absolute atomic E-state index is 0.0187. The quantitative estimate of drug-likeness (QED) is 0.789. The monoisotopic (exact) mass is 315 g/mol. The Hall–Kier alpha value is -3.09. The second kappa shape index (κ2) is 7.79. The summed E-state index contributed by atoms with van der Waals surface area (Å²) in [5.74, 6) is 0.626. The van der Waals surface area contributed by atoms with Gasteiger partial charge in [0.15, 0.2) is 0 Å². The highest BCUT2D eigenvalue weighted by atomic mass is 16.5. The summed E-state index contributed by atoms with van der Waals surface area (Å²) in [6.45, 7) is 3.92. The van der Waals surface area contributed by atoms with Crippen molar-refractivity contribution in [3.8, 4) is 23.5 Å². The number of carbonyl (C=O) groups excluding carboxylic acids is 1. The Morgan fingerprint density at radius 3 is 2.48 bits per heavy atom. The van der Waals surface area contributed by atoms with Gasteiger partial charge in [-0.25, -0.2) is 0 Å². The highest BCUT2D eigenvalue weighted by Gasteiger charge is 2.14. The molecule has 0 saturated heterocycles. The van der Waals surface area contributed by atoms with Gasteiger partial charge < -0.3 is 19.5 Å². The van der Waals surface area contributed by atoms with Gasteiger partial charge in [-0.05, 0) is 12.1 Å². The molecule has 7 nitrogen and oxygen atoms in total. The molecule has 0 aliphatic carbocycles. The lowest BCUT2D eigenvalue weighted by molar-refractivity contribution is 0.0955. The predicted octanol–water partition coefficient (Wildman–Crippen LogP) is 2.20. The molecule has 0 bridgehead atoms. The van der Waals surface area contributed by atoms with Crippen LogP contribution in [-0.2, 0) is 0 Å². The minimum atomic E-state index is -0.282. The zero-order chi connectivity index (χ0) is 16.7. The number of amides is 1. The summed E-state index contributed by atoms with van der Waals surface area (Å²) in [6.07, 6.45) is 1.59. The molecule has 0 spiro atoms. The van der Waals surface area contributed by atoms with E-state index < -0.39 is 0 Å². The summed E-state index contributed by atoms with van der Waals surface area (Å²) < 4.78 is 15.8. The van der Waals surface area contributed by atoms with Crippen molar-refractivity contribution < 1.29 is 19.0 Å². The molecule has 7 heteroatoms. The smallest absolute Gasteiger partial charge is 0.328 e. The Labute approximate surface area is 133 Å². The number of nitrogens with zero attached hydrogens (tertiary/aromatic N) is 2. The van der Waals surface area contributed by atoms with Gasteiger partial charge in [0.05, 0.1) is 25.8 Å². The van der Waals surface area contributed by atoms with Gasteiger partial charge in [-0.15, -0.1) is 6.58 Å². The van der Waals surface area contributed by atoms with Crippen LogP contribution in [0.25, 0.3) is 0 Å². The van der Waals surface area contributed by atoms with Crippen molar-refractivity contribution in [2.45, 2.75) is 0 Å². The molecule has 23 heavy (non-hydrogen) atoms. The Bertz CT molecular complexity index is 681. The molecule has 2 rings (SSSR count). The maximum Gasteiger partial charge on any atom is 0.328 e. The highest BCUT2D eigenvalue weighted by molar-refractivity contribution is 5.97. The van der Waals surface area contributed by atoms with Crippen molar-refractivity contribution in [3.63, 3.8) is 0 Å². The van der Waals surface area contributed by atoms with Crippen LogP contribution in [0.5, 0.6) is 23.5 Å². The standard InChI is InChI=1S/C16H17N3O4/c1-4-9-17-15(20)11-7-5-6-8-12(11)23-16-18-13(21-2)10-14(19-16)22-3/h4-8,10H,1,9H2,2-3H3,(H,17,20). The second-order valence-corrected chi connectivity index (χ2v) is 4.33. The van der Waals surface area contributed by atoms with Gasteiger partial charge in [0.25, 0.3) is 5.91 Å². The molecule has 120 valence electrons. The largest absolute Gasteiger partial charge is 0.481 e. The molecule has 1 amide bonds. The maximum atomic E-state index is 12.1. The molecule has 1 N–H and O–H groups in total. The summed E-state index contributed by atoms with van der Waals surface area (Å²) in [6, 6.07) is 8.32. The lowest BCUT2D eigenvalue weighted by atomic mass is 10.2. The lowest BCUT2D eigenvalue weighted by Crippen LogP contribution is -2.23. The fourth-order valence-electron chi connectivity index (χ4n) is 1.74. The van der Waals surface area contributed by atoms with E-state index in [4.69, 9.17) is 14.2 Å². The summed E-state index contributed by atoms with van der Waals surface area (Å²) in [4.78, 5) is 20.3. The molecule has 0 radical (unpaired) electrons. The SMILES string of the molecule is C=CCNC(=O)c1ccccc1Oc1nc(OC)cc(OC)n1. The first-order valence-electron chi connectivity index (χ1n) is 6.81. The van der Waals surface area contributed by atoms with Crippen LogP contribution < -0.4 is 19.5 Å². The van der Waals surface area contributed by atoms with Crippen LogP contribution in [0.3, 0.4) is 0 Å². The van der Waals surface area contributed by atoms with Crippen LogP contribution in [0, 0.1) is 0 Å². The molecule has 1 heterocycles. The topological polar surface area (TPSA) is 82.6 Å². The first-order valence-corrected chi connectivity index (χ1v) is 6.81. The van der Waals surface area contributed by atoms with Crippen molar-refractivity contribution in [2.75, 3.05) is 20.8 Å². The summed E-state index contributed by atoms with van der Waals surface area (Å²) in [5, 5.41) is 2.69. The van der Waals surface area contributed by atoms with E-state index >= 15 is 0 Å². The number of hydrogen-bond donors (Lipinski definition) is 1. The van der Waals surface area contributed by atoms with Crippen molar-refractivity contribution >= 4 is 5.91 Å². The minimum Gasteiger partial charge on any atom is -0.481 e. The van der Waals surface area contributed by atoms with Crippen LogP contribution in [0.4, 0.5) is 0 Å². The van der Waals surface area contributed by atoms with Crippen LogP contribution in [-0.4, -0.2) is 36.6 Å². The normalized spacial score (nSPS) is 9.83. The first kappa shape index (κ1) is 16.3. The third kappa shape index (κ3) is 4.19. The van der Waals surface area contributed by atoms with E-state index in [0.29, 0.717) is 29.6 Å². The molecule has 1 aromatic carbocycles. The molecular formula is C16H17N3O4. The molecular weight excluding hydrogens is 298 g/mol. The van der Waals surface area contributed by atoms with Crippen LogP contribution >= 0.6 is 0 Å². The molecule has 0 unspecified atom stereocenters. The van der Waals surface area contributed by atoms with E-state index in [2.05, 4.69) is 21.9 Å². The van der Waals surface area contributed by atoms with Gasteiger partial charge in [0.1, 0.15) is 5.75 Å². The Balaban J connectivity index is 2.30. The number of nitrogens with one attached hydrogen (secondary N) is 1. The number of aromatic nitrogens is 2. The Morgan fingerprint density at radius 2 is 1.87 bits per heavy atom. The number of methoxy groups -OCH3 is 2. The lowest BCUT2D eigenvalue weighted by Gasteiger charge is -2.11. The molecule has 0 aliphatic heterocycles. The fourth-order valence-corrected chi connectivity index (χ4v) is 1.74. The van der Waals surface area contributed by atoms with E-state index in [1.807, 2.05) is 0 Å². The Morgan fingerprint density at radius 1 is 1.22 bits per heavy atom. The van der Waals surface area contributed by atoms with E-state index in [0.717, 1.165) is 0 Å². The molecule has 0 saturated carbocycles. The third-order valence-electron chi connectivity index (χ3n) is 2.82. The molecule has 0 fully saturated rings. The Kier molecular flexibility index (Phi) is 5.51. The fraction of sp³-hybridized carbons (Fsp3) is 0.188. The van der Waals surface area contributed by atoms with Crippen LogP contribution in [0.2, 0.25) is 0 Å². The number of ether oxygens (including phenoxy) is 3. The van der Waals surface area contributed by atoms with E-state index in [1.165, 1.54) is 20.3 Å². The van der Waals surface area contributed by atoms with E-state index in [1.54, 1.807) is 30.3 Å². The number of rotatable bonds is 7. The second-order valence-electron chi connectivity index (χ2n) is 4.33. The number of benzene rings is 1. The molecule has 2 aromatic rings. The van der Waals surface area contributed by atoms with Crippen molar-refractivity contribution in [3.05, 3.63) is 48.6 Å². The van der Waals surface area contributed by atoms with Gasteiger partial charge in [0.2, 0.25) is 11.8 Å². The van der Waals surface area contributed by atoms with Crippen LogP contribution in [0.15, 0.2) is 43.0 Å². The summed E-state index contributed by atoms with van der Waals surface area (Å²) in [7, 11) is 2.95. The van der Waals surface area contributed by atoms with Gasteiger partial charge >= 0.3 is 6.01 Å². The number of carbonyl (C=O) groups is 1. The maximum absolute atomic E-state index is 12.1. The van der Waals surface area contributed by atoms with E-state index in [-0.39, 0.29) is 11.9 Å². The molecule has 1 aromatic heterocycles. The van der Waals surface area contributed by atoms with Crippen molar-refractivity contribution in [1.82, 2.24) is 15.3 Å². The van der Waals surface area contributed by atoms with Gasteiger partial charge in [-0.3, -0.25) is 4.79 Å². The number of hydrogen-bond acceptors (Lipinski definition) is 6. The average molecular weight is 315 g/mol. The van der Waals surface area contributed by atoms with Crippen molar-refractivity contribution in [2.24, 2.45) is 0 Å². The first-order chi connectivity index (χ1) is 11.2. The molecule has 0 aliphatic rings. The summed E-state index contributed by atoms with van der Waals surface area (Å²) in [5.41, 5.74) is 0.361.